The highest BCUT2D eigenvalue weighted by molar-refractivity contribution is 6.12. The molecule has 324 valence electrons. The summed E-state index contributed by atoms with van der Waals surface area (Å²) in [6.07, 6.45) is 0. The molecule has 1 atom stereocenters. The first-order valence-electron chi connectivity index (χ1n) is 22.8. The molecule has 0 aliphatic heterocycles. The third-order valence-corrected chi connectivity index (χ3v) is 13.5. The quantitative estimate of drug-likeness (QED) is 0.154. The zero-order valence-corrected chi connectivity index (χ0v) is 36.8. The first-order valence-corrected chi connectivity index (χ1v) is 22.8. The van der Waals surface area contributed by atoms with Crippen LogP contribution in [0.5, 0.6) is 0 Å². The molecule has 0 bridgehead atoms. The lowest BCUT2D eigenvalue weighted by Crippen LogP contribution is -2.20. The molecule has 0 radical (unpaired) electrons. The highest BCUT2D eigenvalue weighted by Crippen LogP contribution is 2.44. The molecule has 3 aromatic heterocycles. The lowest BCUT2D eigenvalue weighted by molar-refractivity contribution is 0.0972. The van der Waals surface area contributed by atoms with Crippen molar-refractivity contribution < 1.29 is 4.79 Å². The standard InChI is InChI=1S/C61H37N5O3/c67-56-47-25-13-10-22-43(47)50-34-38(28-31-46(50)55(56)37-16-4-1-5-17-37)57-62-58(39-29-32-53-51(35-39)44-23-11-14-26-48(44)60(68)65(53)41-18-6-2-7-19-41)64-59(63-57)40-30-33-54-52(36-40)45-24-12-15-27-49(45)61(69)66(54)42-20-8-3-9-21-42/h1-36,55H. The van der Waals surface area contributed by atoms with E-state index in [9.17, 15) is 14.4 Å². The average molecular weight is 888 g/mol. The fourth-order valence-corrected chi connectivity index (χ4v) is 10.3. The van der Waals surface area contributed by atoms with Crippen LogP contribution in [0.25, 0.3) is 100 Å². The van der Waals surface area contributed by atoms with E-state index in [1.165, 1.54) is 0 Å². The molecule has 0 saturated heterocycles. The maximum absolute atomic E-state index is 14.3. The van der Waals surface area contributed by atoms with Gasteiger partial charge >= 0.3 is 0 Å². The summed E-state index contributed by atoms with van der Waals surface area (Å²) < 4.78 is 3.52. The third-order valence-electron chi connectivity index (χ3n) is 13.5. The van der Waals surface area contributed by atoms with Crippen molar-refractivity contribution in [1.29, 1.82) is 0 Å². The van der Waals surface area contributed by atoms with Gasteiger partial charge in [0.2, 0.25) is 0 Å². The topological polar surface area (TPSA) is 99.7 Å². The average Bonchev–Trinajstić information content (AvgIpc) is 3.42. The van der Waals surface area contributed by atoms with Crippen molar-refractivity contribution in [3.63, 3.8) is 0 Å². The lowest BCUT2D eigenvalue weighted by atomic mass is 9.74. The number of ketones is 1. The van der Waals surface area contributed by atoms with E-state index in [1.807, 2.05) is 200 Å². The Hall–Kier alpha value is -9.40. The van der Waals surface area contributed by atoms with Crippen molar-refractivity contribution in [3.8, 4) is 56.7 Å². The van der Waals surface area contributed by atoms with Crippen LogP contribution in [0.4, 0.5) is 0 Å². The molecule has 0 amide bonds. The second-order valence-electron chi connectivity index (χ2n) is 17.4. The van der Waals surface area contributed by atoms with Gasteiger partial charge in [0.1, 0.15) is 0 Å². The minimum atomic E-state index is -0.476. The van der Waals surface area contributed by atoms with Crippen molar-refractivity contribution in [2.45, 2.75) is 5.92 Å². The van der Waals surface area contributed by atoms with Crippen molar-refractivity contribution in [2.75, 3.05) is 0 Å². The van der Waals surface area contributed by atoms with Crippen LogP contribution in [0.2, 0.25) is 0 Å². The Morgan fingerprint density at radius 3 is 1.25 bits per heavy atom. The smallest absolute Gasteiger partial charge is 0.263 e. The van der Waals surface area contributed by atoms with Crippen LogP contribution >= 0.6 is 0 Å². The number of pyridine rings is 2. The summed E-state index contributed by atoms with van der Waals surface area (Å²) >= 11 is 0. The molecule has 0 spiro atoms. The third kappa shape index (κ3) is 6.45. The molecular weight excluding hydrogens is 851 g/mol. The zero-order chi connectivity index (χ0) is 46.2. The number of hydrogen-bond acceptors (Lipinski definition) is 6. The van der Waals surface area contributed by atoms with Gasteiger partial charge < -0.3 is 0 Å². The van der Waals surface area contributed by atoms with E-state index < -0.39 is 5.92 Å². The minimum Gasteiger partial charge on any atom is -0.293 e. The molecule has 1 unspecified atom stereocenters. The maximum atomic E-state index is 14.3. The largest absolute Gasteiger partial charge is 0.293 e. The van der Waals surface area contributed by atoms with Crippen LogP contribution < -0.4 is 11.1 Å². The SMILES string of the molecule is O=C1c2ccccc2-c2cc(-c3nc(-c4ccc5c(c4)c4ccccc4c(=O)n5-c4ccccc4)nc(-c4ccc5c(c4)c4ccccc4c(=O)n5-c4ccccc4)n3)ccc2C1c1ccccc1. The van der Waals surface area contributed by atoms with E-state index in [1.54, 1.807) is 9.13 Å². The summed E-state index contributed by atoms with van der Waals surface area (Å²) in [6.45, 7) is 0. The van der Waals surface area contributed by atoms with Gasteiger partial charge in [0.05, 0.1) is 17.0 Å². The number of fused-ring (bicyclic) bond motifs is 9. The fourth-order valence-electron chi connectivity index (χ4n) is 10.3. The van der Waals surface area contributed by atoms with Gasteiger partial charge in [-0.2, -0.15) is 0 Å². The van der Waals surface area contributed by atoms with E-state index in [-0.39, 0.29) is 16.9 Å². The number of benzene rings is 9. The van der Waals surface area contributed by atoms with Crippen molar-refractivity contribution in [2.24, 2.45) is 0 Å². The van der Waals surface area contributed by atoms with E-state index in [0.29, 0.717) is 33.8 Å². The van der Waals surface area contributed by atoms with Gasteiger partial charge in [-0.3, -0.25) is 23.5 Å². The monoisotopic (exact) mass is 887 g/mol. The molecular formula is C61H37N5O3. The van der Waals surface area contributed by atoms with Gasteiger partial charge in [-0.15, -0.1) is 0 Å². The summed E-state index contributed by atoms with van der Waals surface area (Å²) in [5.41, 5.74) is 9.37. The zero-order valence-electron chi connectivity index (χ0n) is 36.8. The minimum absolute atomic E-state index is 0.0600. The van der Waals surface area contributed by atoms with Crippen molar-refractivity contribution in [1.82, 2.24) is 24.1 Å². The molecule has 0 fully saturated rings. The van der Waals surface area contributed by atoms with E-state index in [0.717, 1.165) is 82.9 Å². The number of hydrogen-bond donors (Lipinski definition) is 0. The summed E-state index contributed by atoms with van der Waals surface area (Å²) in [4.78, 5) is 58.4. The summed E-state index contributed by atoms with van der Waals surface area (Å²) in [7, 11) is 0. The van der Waals surface area contributed by atoms with Gasteiger partial charge in [-0.05, 0) is 112 Å². The van der Waals surface area contributed by atoms with Gasteiger partial charge in [-0.25, -0.2) is 15.0 Å². The van der Waals surface area contributed by atoms with Crippen LogP contribution in [0.1, 0.15) is 27.4 Å². The van der Waals surface area contributed by atoms with Crippen molar-refractivity contribution in [3.05, 3.63) is 256 Å². The predicted octanol–water partition coefficient (Wildman–Crippen LogP) is 12.8. The maximum Gasteiger partial charge on any atom is 0.263 e. The van der Waals surface area contributed by atoms with Crippen LogP contribution in [-0.2, 0) is 0 Å². The second-order valence-corrected chi connectivity index (χ2v) is 17.4. The summed E-state index contributed by atoms with van der Waals surface area (Å²) in [5.74, 6) is 0.906. The summed E-state index contributed by atoms with van der Waals surface area (Å²) in [5, 5.41) is 4.58. The highest BCUT2D eigenvalue weighted by atomic mass is 16.1. The summed E-state index contributed by atoms with van der Waals surface area (Å²) in [6, 6.07) is 70.6. The van der Waals surface area contributed by atoms with Gasteiger partial charge in [0.15, 0.2) is 23.3 Å². The Balaban J connectivity index is 1.06. The highest BCUT2D eigenvalue weighted by Gasteiger charge is 2.33. The molecule has 0 saturated carbocycles. The molecule has 9 aromatic carbocycles. The van der Waals surface area contributed by atoms with Crippen LogP contribution in [0, 0.1) is 0 Å². The van der Waals surface area contributed by atoms with Gasteiger partial charge in [-0.1, -0.05) is 140 Å². The molecule has 8 nitrogen and oxygen atoms in total. The van der Waals surface area contributed by atoms with Crippen LogP contribution in [0.3, 0.4) is 0 Å². The molecule has 13 rings (SSSR count). The Labute approximate surface area is 394 Å². The number of para-hydroxylation sites is 2. The second kappa shape index (κ2) is 15.9. The number of carbonyl (C=O) groups is 1. The number of carbonyl (C=O) groups excluding carboxylic acids is 1. The van der Waals surface area contributed by atoms with Gasteiger partial charge in [0, 0.05) is 55.2 Å². The Morgan fingerprint density at radius 2 is 0.739 bits per heavy atom. The molecule has 8 heteroatoms. The molecule has 1 aliphatic rings. The van der Waals surface area contributed by atoms with E-state index >= 15 is 0 Å². The molecule has 69 heavy (non-hydrogen) atoms. The Bertz CT molecular complexity index is 4010. The van der Waals surface area contributed by atoms with Gasteiger partial charge in [0.25, 0.3) is 11.1 Å². The molecule has 1 aliphatic carbocycles. The fraction of sp³-hybridized carbons (Fsp3) is 0.0164. The number of rotatable bonds is 6. The molecule has 12 aromatic rings. The Morgan fingerprint density at radius 1 is 0.333 bits per heavy atom. The van der Waals surface area contributed by atoms with Crippen LogP contribution in [0.15, 0.2) is 228 Å². The Kier molecular flexibility index (Phi) is 9.20. The van der Waals surface area contributed by atoms with E-state index in [4.69, 9.17) is 15.0 Å². The van der Waals surface area contributed by atoms with E-state index in [2.05, 4.69) is 18.2 Å². The number of Topliss-reactive ketones (excluding diaryl/α,β-unsaturated/α-hetero) is 1. The molecule has 3 heterocycles. The number of nitrogens with zero attached hydrogens (tertiary/aromatic N) is 5. The lowest BCUT2D eigenvalue weighted by Gasteiger charge is -2.27. The first-order chi connectivity index (χ1) is 34.0. The molecule has 0 N–H and O–H groups in total. The predicted molar refractivity (Wildman–Crippen MR) is 275 cm³/mol. The van der Waals surface area contributed by atoms with Crippen LogP contribution in [-0.4, -0.2) is 29.9 Å². The number of aromatic nitrogens is 5. The normalized spacial score (nSPS) is 13.2. The first kappa shape index (κ1) is 39.9. The van der Waals surface area contributed by atoms with Crippen molar-refractivity contribution >= 4 is 49.1 Å².